The third kappa shape index (κ3) is 3.71. The van der Waals surface area contributed by atoms with E-state index in [1.807, 2.05) is 6.07 Å². The van der Waals surface area contributed by atoms with Gasteiger partial charge in [-0.05, 0) is 45.1 Å². The molecule has 10 heteroatoms. The number of carbonyl (C=O) groups excluding carboxylic acids is 1. The van der Waals surface area contributed by atoms with Crippen LogP contribution in [0.1, 0.15) is 78.2 Å². The number of rotatable bonds is 9. The summed E-state index contributed by atoms with van der Waals surface area (Å²) in [5, 5.41) is 9.18. The number of benzene rings is 1. The first kappa shape index (κ1) is 24.7. The average Bonchev–Trinajstić information content (AvgIpc) is 3.26. The van der Waals surface area contributed by atoms with Gasteiger partial charge in [-0.3, -0.25) is 4.90 Å². The molecule has 1 aromatic carbocycles. The number of anilines is 1. The minimum absolute atomic E-state index is 0.0933. The monoisotopic (exact) mass is 528 g/mol. The van der Waals surface area contributed by atoms with Gasteiger partial charge in [0.25, 0.3) is 0 Å². The molecule has 204 valence electrons. The average molecular weight is 529 g/mol. The summed E-state index contributed by atoms with van der Waals surface area (Å²) in [5.41, 5.74) is 8.50. The first-order valence-electron chi connectivity index (χ1n) is 14.2. The highest BCUT2D eigenvalue weighted by Gasteiger charge is 2.75. The van der Waals surface area contributed by atoms with Crippen molar-refractivity contribution in [1.29, 1.82) is 0 Å². The summed E-state index contributed by atoms with van der Waals surface area (Å²) in [4.78, 5) is 25.5. The zero-order valence-electron chi connectivity index (χ0n) is 22.6. The summed E-state index contributed by atoms with van der Waals surface area (Å²) in [7, 11) is 0. The van der Waals surface area contributed by atoms with Gasteiger partial charge >= 0.3 is 5.97 Å². The zero-order chi connectivity index (χ0) is 26.7. The Balaban J connectivity index is 0.989. The van der Waals surface area contributed by atoms with Gasteiger partial charge in [-0.1, -0.05) is 30.3 Å². The van der Waals surface area contributed by atoms with Crippen molar-refractivity contribution >= 4 is 11.9 Å². The molecule has 4 heterocycles. The van der Waals surface area contributed by atoms with Gasteiger partial charge in [0.05, 0.1) is 18.1 Å². The molecule has 1 spiro atoms. The molecule has 0 radical (unpaired) electrons. The quantitative estimate of drug-likeness (QED) is 0.419. The third-order valence-corrected chi connectivity index (χ3v) is 9.77. The van der Waals surface area contributed by atoms with Crippen LogP contribution < -0.4 is 10.6 Å². The van der Waals surface area contributed by atoms with Gasteiger partial charge in [-0.25, -0.2) is 14.8 Å². The molecular formula is C29H36N8O2. The van der Waals surface area contributed by atoms with Crippen molar-refractivity contribution in [1.82, 2.24) is 29.6 Å². The molecule has 2 aliphatic carbocycles. The molecule has 7 rings (SSSR count). The maximum Gasteiger partial charge on any atom is 0.341 e. The van der Waals surface area contributed by atoms with Crippen LogP contribution in [0.5, 0.6) is 0 Å². The van der Waals surface area contributed by atoms with E-state index in [4.69, 9.17) is 10.5 Å². The molecule has 2 aromatic heterocycles. The predicted molar refractivity (Wildman–Crippen MR) is 145 cm³/mol. The molecule has 0 amide bonds. The highest BCUT2D eigenvalue weighted by atomic mass is 16.5. The van der Waals surface area contributed by atoms with Crippen LogP contribution in [0, 0.1) is 12.3 Å². The standard InChI is InChI=1S/C29H36N8O2/c1-3-39-27(38)20-14-31-28(32-15-20)35-16-21(17-35)26-34-33-18(2)37(26)25-13-24-29(25)11-9-23(29)36(24)12-10-22(30)19-7-5-4-6-8-19/h4-8,14-15,21-25H,3,9-13,16-17,30H2,1-2H3/t22-,23?,24?,25?,29?/m0/s1. The summed E-state index contributed by atoms with van der Waals surface area (Å²) in [6, 6.07) is 12.3. The molecule has 4 aliphatic rings. The second-order valence-electron chi connectivity index (χ2n) is 11.5. The van der Waals surface area contributed by atoms with E-state index < -0.39 is 5.97 Å². The van der Waals surface area contributed by atoms with Crippen LogP contribution in [0.25, 0.3) is 0 Å². The van der Waals surface area contributed by atoms with E-state index in [0.29, 0.717) is 47.6 Å². The van der Waals surface area contributed by atoms with E-state index in [-0.39, 0.29) is 6.04 Å². The highest BCUT2D eigenvalue weighted by Crippen LogP contribution is 2.73. The van der Waals surface area contributed by atoms with Crippen LogP contribution in [0.2, 0.25) is 0 Å². The van der Waals surface area contributed by atoms with Crippen LogP contribution in [0.15, 0.2) is 42.7 Å². The van der Waals surface area contributed by atoms with E-state index in [0.717, 1.165) is 44.1 Å². The summed E-state index contributed by atoms with van der Waals surface area (Å²) in [6.07, 6.45) is 7.82. The van der Waals surface area contributed by atoms with Crippen molar-refractivity contribution in [3.63, 3.8) is 0 Å². The molecule has 5 atom stereocenters. The fourth-order valence-electron chi connectivity index (χ4n) is 7.62. The van der Waals surface area contributed by atoms with Crippen molar-refractivity contribution in [3.05, 3.63) is 65.5 Å². The topological polar surface area (TPSA) is 115 Å². The van der Waals surface area contributed by atoms with Gasteiger partial charge in [0.2, 0.25) is 5.95 Å². The van der Waals surface area contributed by atoms with Gasteiger partial charge in [0.1, 0.15) is 11.6 Å². The first-order chi connectivity index (χ1) is 19.0. The molecular weight excluding hydrogens is 492 g/mol. The second-order valence-corrected chi connectivity index (χ2v) is 11.5. The number of aryl methyl sites for hydroxylation is 1. The van der Waals surface area contributed by atoms with Crippen LogP contribution in [0.4, 0.5) is 5.95 Å². The lowest BCUT2D eigenvalue weighted by molar-refractivity contribution is -0.295. The van der Waals surface area contributed by atoms with E-state index >= 15 is 0 Å². The van der Waals surface area contributed by atoms with Gasteiger partial charge in [0, 0.05) is 61.6 Å². The molecule has 4 fully saturated rings. The molecule has 10 nitrogen and oxygen atoms in total. The fraction of sp³-hybridized carbons (Fsp3) is 0.552. The van der Waals surface area contributed by atoms with Crippen LogP contribution in [-0.4, -0.2) is 73.9 Å². The van der Waals surface area contributed by atoms with E-state index in [9.17, 15) is 4.79 Å². The molecule has 2 saturated heterocycles. The summed E-state index contributed by atoms with van der Waals surface area (Å²) >= 11 is 0. The number of piperidine rings is 2. The minimum atomic E-state index is -0.393. The fourth-order valence-corrected chi connectivity index (χ4v) is 7.62. The Hall–Kier alpha value is -3.37. The minimum Gasteiger partial charge on any atom is -0.462 e. The number of nitrogens with two attached hydrogens (primary N) is 1. The summed E-state index contributed by atoms with van der Waals surface area (Å²) < 4.78 is 7.49. The van der Waals surface area contributed by atoms with Gasteiger partial charge in [-0.2, -0.15) is 0 Å². The predicted octanol–water partition coefficient (Wildman–Crippen LogP) is 3.02. The number of nitrogens with zero attached hydrogens (tertiary/aromatic N) is 7. The molecule has 4 unspecified atom stereocenters. The Labute approximate surface area is 228 Å². The SMILES string of the molecule is CCOC(=O)c1cnc(N2CC(c3nnc(C)n3C3CC4N(CC[C@H](N)c5ccccc5)C5CCC543)C2)nc1. The molecule has 2 aliphatic heterocycles. The lowest BCUT2D eigenvalue weighted by Gasteiger charge is -2.80. The van der Waals surface area contributed by atoms with Crippen molar-refractivity contribution in [3.8, 4) is 0 Å². The Morgan fingerprint density at radius 2 is 1.90 bits per heavy atom. The van der Waals surface area contributed by atoms with Gasteiger partial charge in [0.15, 0.2) is 0 Å². The number of likely N-dealkylation sites (tertiary alicyclic amines) is 1. The third-order valence-electron chi connectivity index (χ3n) is 9.77. The van der Waals surface area contributed by atoms with E-state index in [2.05, 4.69) is 65.7 Å². The summed E-state index contributed by atoms with van der Waals surface area (Å²) in [5.74, 6) is 2.65. The van der Waals surface area contributed by atoms with Gasteiger partial charge < -0.3 is 19.9 Å². The smallest absolute Gasteiger partial charge is 0.341 e. The van der Waals surface area contributed by atoms with Crippen molar-refractivity contribution in [2.75, 3.05) is 31.1 Å². The number of aromatic nitrogens is 5. The Morgan fingerprint density at radius 3 is 2.56 bits per heavy atom. The molecule has 39 heavy (non-hydrogen) atoms. The Morgan fingerprint density at radius 1 is 1.13 bits per heavy atom. The lowest BCUT2D eigenvalue weighted by atomic mass is 9.40. The lowest BCUT2D eigenvalue weighted by Crippen LogP contribution is -2.85. The van der Waals surface area contributed by atoms with Crippen LogP contribution in [0.3, 0.4) is 0 Å². The maximum absolute atomic E-state index is 11.9. The number of carbonyl (C=O) groups is 1. The Bertz CT molecular complexity index is 1350. The molecule has 2 N–H and O–H groups in total. The first-order valence-corrected chi connectivity index (χ1v) is 14.2. The number of ether oxygens (including phenoxy) is 1. The number of hydrogen-bond acceptors (Lipinski definition) is 9. The van der Waals surface area contributed by atoms with E-state index in [1.54, 1.807) is 19.3 Å². The van der Waals surface area contributed by atoms with Crippen LogP contribution >= 0.6 is 0 Å². The molecule has 3 aromatic rings. The van der Waals surface area contributed by atoms with E-state index in [1.165, 1.54) is 18.4 Å². The van der Waals surface area contributed by atoms with Gasteiger partial charge in [-0.15, -0.1) is 10.2 Å². The zero-order valence-corrected chi connectivity index (χ0v) is 22.6. The Kier molecular flexibility index (Phi) is 5.93. The largest absolute Gasteiger partial charge is 0.462 e. The number of esters is 1. The maximum atomic E-state index is 11.9. The normalized spacial score (nSPS) is 28.3. The van der Waals surface area contributed by atoms with Crippen molar-refractivity contribution < 1.29 is 9.53 Å². The summed E-state index contributed by atoms with van der Waals surface area (Å²) in [6.45, 7) is 6.88. The highest BCUT2D eigenvalue weighted by molar-refractivity contribution is 5.88. The molecule has 2 saturated carbocycles. The van der Waals surface area contributed by atoms with Crippen molar-refractivity contribution in [2.24, 2.45) is 11.1 Å². The van der Waals surface area contributed by atoms with Crippen LogP contribution in [-0.2, 0) is 4.74 Å². The van der Waals surface area contributed by atoms with Crippen molar-refractivity contribution in [2.45, 2.75) is 69.6 Å². The second kappa shape index (κ2) is 9.38. The number of hydrogen-bond donors (Lipinski definition) is 1. The molecule has 0 bridgehead atoms.